The van der Waals surface area contributed by atoms with Crippen molar-refractivity contribution in [2.24, 2.45) is 5.92 Å². The lowest BCUT2D eigenvalue weighted by Crippen LogP contribution is -2.32. The number of rotatable bonds is 11. The van der Waals surface area contributed by atoms with Crippen LogP contribution in [0.4, 0.5) is 0 Å². The van der Waals surface area contributed by atoms with Crippen molar-refractivity contribution >= 4 is 5.97 Å². The van der Waals surface area contributed by atoms with Crippen LogP contribution in [0, 0.1) is 17.2 Å². The van der Waals surface area contributed by atoms with Gasteiger partial charge < -0.3 is 19.1 Å². The maximum atomic E-state index is 10.8. The highest BCUT2D eigenvalue weighted by molar-refractivity contribution is 5.89. The maximum absolute atomic E-state index is 10.8. The fourth-order valence-corrected chi connectivity index (χ4v) is 3.94. The number of hydrogen-bond donors (Lipinski definition) is 0. The molecule has 0 aliphatic carbocycles. The van der Waals surface area contributed by atoms with Crippen molar-refractivity contribution in [2.45, 2.75) is 45.4 Å². The smallest absolute Gasteiger partial charge is 0.337 e. The van der Waals surface area contributed by atoms with Crippen LogP contribution in [-0.2, 0) is 10.2 Å². The lowest BCUT2D eigenvalue weighted by atomic mass is 9.69. The van der Waals surface area contributed by atoms with Gasteiger partial charge in [-0.2, -0.15) is 5.26 Å². The van der Waals surface area contributed by atoms with Crippen molar-refractivity contribution in [3.05, 3.63) is 59.7 Å². The van der Waals surface area contributed by atoms with Gasteiger partial charge in [0.2, 0.25) is 0 Å². The summed E-state index contributed by atoms with van der Waals surface area (Å²) >= 11 is 0. The Hall–Kier alpha value is -3.04. The Morgan fingerprint density at radius 1 is 1.03 bits per heavy atom. The molecule has 1 unspecified atom stereocenters. The molecule has 0 bridgehead atoms. The van der Waals surface area contributed by atoms with Crippen molar-refractivity contribution in [1.29, 1.82) is 5.26 Å². The molecule has 0 radical (unpaired) electrons. The van der Waals surface area contributed by atoms with Crippen LogP contribution in [0.5, 0.6) is 11.5 Å². The summed E-state index contributed by atoms with van der Waals surface area (Å²) in [6, 6.07) is 17.3. The normalized spacial score (nSPS) is 12.2. The SMILES string of the molecule is CCCN(C)CCCC(C#N)(c1ccc(OC)c(OC)c1)C(C)C.COC(=O)c1ccccc1. The first kappa shape index (κ1) is 29.0. The predicted molar refractivity (Wildman–Crippen MR) is 136 cm³/mol. The summed E-state index contributed by atoms with van der Waals surface area (Å²) in [6.45, 7) is 8.54. The van der Waals surface area contributed by atoms with Gasteiger partial charge in [0.15, 0.2) is 11.5 Å². The van der Waals surface area contributed by atoms with Gasteiger partial charge in [0.25, 0.3) is 0 Å². The topological polar surface area (TPSA) is 71.8 Å². The number of methoxy groups -OCH3 is 3. The molecule has 6 heteroatoms. The van der Waals surface area contributed by atoms with E-state index in [0.717, 1.165) is 37.9 Å². The Morgan fingerprint density at radius 3 is 2.18 bits per heavy atom. The van der Waals surface area contributed by atoms with Gasteiger partial charge in [0.05, 0.1) is 38.4 Å². The molecule has 0 N–H and O–H groups in total. The summed E-state index contributed by atoms with van der Waals surface area (Å²) in [4.78, 5) is 13.1. The summed E-state index contributed by atoms with van der Waals surface area (Å²) in [7, 11) is 6.77. The Balaban J connectivity index is 0.000000479. The second-order valence-corrected chi connectivity index (χ2v) is 8.57. The fraction of sp³-hybridized carbons (Fsp3) is 0.500. The third-order valence-corrected chi connectivity index (χ3v) is 5.99. The van der Waals surface area contributed by atoms with Gasteiger partial charge in [-0.15, -0.1) is 0 Å². The van der Waals surface area contributed by atoms with Crippen molar-refractivity contribution in [1.82, 2.24) is 4.90 Å². The first-order chi connectivity index (χ1) is 16.3. The lowest BCUT2D eigenvalue weighted by Gasteiger charge is -2.32. The van der Waals surface area contributed by atoms with Gasteiger partial charge >= 0.3 is 5.97 Å². The molecule has 2 rings (SSSR count). The zero-order valence-corrected chi connectivity index (χ0v) is 21.8. The zero-order valence-electron chi connectivity index (χ0n) is 21.8. The second kappa shape index (κ2) is 15.0. The minimum Gasteiger partial charge on any atom is -0.493 e. The third-order valence-electron chi connectivity index (χ3n) is 5.99. The first-order valence-corrected chi connectivity index (χ1v) is 11.7. The van der Waals surface area contributed by atoms with E-state index in [1.54, 1.807) is 38.5 Å². The molecular weight excluding hydrogens is 428 g/mol. The maximum Gasteiger partial charge on any atom is 0.337 e. The van der Waals surface area contributed by atoms with E-state index in [9.17, 15) is 10.1 Å². The first-order valence-electron chi connectivity index (χ1n) is 11.7. The van der Waals surface area contributed by atoms with Crippen LogP contribution < -0.4 is 9.47 Å². The van der Waals surface area contributed by atoms with Crippen LogP contribution in [0.1, 0.15) is 56.0 Å². The molecule has 186 valence electrons. The Labute approximate surface area is 205 Å². The van der Waals surface area contributed by atoms with Crippen LogP contribution in [0.3, 0.4) is 0 Å². The van der Waals surface area contributed by atoms with Crippen LogP contribution in [0.25, 0.3) is 0 Å². The average Bonchev–Trinajstić information content (AvgIpc) is 2.86. The predicted octanol–water partition coefficient (Wildman–Crippen LogP) is 5.72. The average molecular weight is 469 g/mol. The van der Waals surface area contributed by atoms with Crippen LogP contribution >= 0.6 is 0 Å². The molecule has 1 atom stereocenters. The van der Waals surface area contributed by atoms with E-state index in [0.29, 0.717) is 17.1 Å². The molecular formula is C28H40N2O4. The third kappa shape index (κ3) is 8.07. The minimum atomic E-state index is -0.507. The Morgan fingerprint density at radius 2 is 1.68 bits per heavy atom. The summed E-state index contributed by atoms with van der Waals surface area (Å²) in [5.41, 5.74) is 1.09. The summed E-state index contributed by atoms with van der Waals surface area (Å²) in [5, 5.41) is 10.0. The van der Waals surface area contributed by atoms with E-state index in [2.05, 4.69) is 43.5 Å². The van der Waals surface area contributed by atoms with Gasteiger partial charge in [-0.1, -0.05) is 45.0 Å². The van der Waals surface area contributed by atoms with Crippen LogP contribution in [0.15, 0.2) is 48.5 Å². The lowest BCUT2D eigenvalue weighted by molar-refractivity contribution is 0.0600. The number of nitrogens with zero attached hydrogens (tertiary/aromatic N) is 2. The van der Waals surface area contributed by atoms with Gasteiger partial charge in [-0.3, -0.25) is 0 Å². The van der Waals surface area contributed by atoms with E-state index in [1.807, 2.05) is 24.3 Å². The quantitative estimate of drug-likeness (QED) is 0.393. The molecule has 0 aliphatic rings. The molecule has 0 saturated carbocycles. The number of nitriles is 1. The molecule has 2 aromatic carbocycles. The number of carbonyl (C=O) groups excluding carboxylic acids is 1. The molecule has 0 spiro atoms. The molecule has 0 heterocycles. The molecule has 2 aromatic rings. The van der Waals surface area contributed by atoms with Gasteiger partial charge in [0, 0.05) is 0 Å². The second-order valence-electron chi connectivity index (χ2n) is 8.57. The standard InChI is InChI=1S/C20H32N2O2.C8H8O2/c1-7-12-22(4)13-8-11-20(15-21,16(2)3)17-9-10-18(23-5)19(14-17)24-6;1-10-8(9)7-5-3-2-4-6-7/h9-10,14,16H,7-8,11-13H2,1-6H3;2-6H,1H3. The van der Waals surface area contributed by atoms with E-state index < -0.39 is 5.41 Å². The van der Waals surface area contributed by atoms with Crippen LogP contribution in [-0.4, -0.2) is 52.3 Å². The molecule has 0 aliphatic heterocycles. The molecule has 0 amide bonds. The highest BCUT2D eigenvalue weighted by Crippen LogP contribution is 2.40. The van der Waals surface area contributed by atoms with Gasteiger partial charge in [0.1, 0.15) is 0 Å². The number of hydrogen-bond acceptors (Lipinski definition) is 6. The van der Waals surface area contributed by atoms with Crippen LogP contribution in [0.2, 0.25) is 0 Å². The molecule has 34 heavy (non-hydrogen) atoms. The zero-order chi connectivity index (χ0) is 25.6. The molecule has 0 saturated heterocycles. The summed E-state index contributed by atoms with van der Waals surface area (Å²) in [5.74, 6) is 1.30. The monoisotopic (exact) mass is 468 g/mol. The molecule has 0 fully saturated rings. The Kier molecular flexibility index (Phi) is 12.8. The molecule has 0 aromatic heterocycles. The van der Waals surface area contributed by atoms with E-state index in [4.69, 9.17) is 9.47 Å². The number of benzene rings is 2. The number of esters is 1. The minimum absolute atomic E-state index is 0.220. The fourth-order valence-electron chi connectivity index (χ4n) is 3.94. The highest BCUT2D eigenvalue weighted by Gasteiger charge is 2.36. The summed E-state index contributed by atoms with van der Waals surface area (Å²) in [6.07, 6.45) is 2.99. The van der Waals surface area contributed by atoms with E-state index >= 15 is 0 Å². The van der Waals surface area contributed by atoms with E-state index in [-0.39, 0.29) is 11.9 Å². The van der Waals surface area contributed by atoms with Crippen molar-refractivity contribution in [2.75, 3.05) is 41.5 Å². The number of carbonyl (C=O) groups is 1. The van der Waals surface area contributed by atoms with Crippen molar-refractivity contribution < 1.29 is 19.0 Å². The van der Waals surface area contributed by atoms with Gasteiger partial charge in [-0.05, 0) is 75.1 Å². The number of ether oxygens (including phenoxy) is 3. The van der Waals surface area contributed by atoms with Crippen molar-refractivity contribution in [3.8, 4) is 17.6 Å². The largest absolute Gasteiger partial charge is 0.493 e. The van der Waals surface area contributed by atoms with E-state index in [1.165, 1.54) is 7.11 Å². The van der Waals surface area contributed by atoms with Gasteiger partial charge in [-0.25, -0.2) is 4.79 Å². The molecule has 6 nitrogen and oxygen atoms in total. The van der Waals surface area contributed by atoms with Crippen molar-refractivity contribution in [3.63, 3.8) is 0 Å². The highest BCUT2D eigenvalue weighted by atomic mass is 16.5. The summed E-state index contributed by atoms with van der Waals surface area (Å²) < 4.78 is 15.2. The Bertz CT molecular complexity index is 908.